The van der Waals surface area contributed by atoms with Crippen molar-refractivity contribution in [1.29, 1.82) is 0 Å². The Balaban J connectivity index is 2.30. The van der Waals surface area contributed by atoms with Gasteiger partial charge in [0.2, 0.25) is 0 Å². The zero-order valence-electron chi connectivity index (χ0n) is 5.52. The molecule has 1 aromatic heterocycles. The molecule has 50 valence electrons. The van der Waals surface area contributed by atoms with Crippen molar-refractivity contribution in [1.82, 2.24) is 15.3 Å². The van der Waals surface area contributed by atoms with Gasteiger partial charge in [-0.2, -0.15) is 0 Å². The number of imidazole rings is 1. The predicted molar refractivity (Wildman–Crippen MR) is 36.0 cm³/mol. The molecule has 1 aromatic rings. The van der Waals surface area contributed by atoms with Crippen LogP contribution < -0.4 is 5.32 Å². The van der Waals surface area contributed by atoms with E-state index in [1.54, 1.807) is 6.20 Å². The van der Waals surface area contributed by atoms with Crippen molar-refractivity contribution in [3.63, 3.8) is 0 Å². The van der Waals surface area contributed by atoms with Crippen LogP contribution >= 0.6 is 0 Å². The fourth-order valence-electron chi connectivity index (χ4n) is 0.638. The number of aromatic amines is 1. The van der Waals surface area contributed by atoms with E-state index >= 15 is 0 Å². The molecule has 0 aliphatic carbocycles. The fourth-order valence-corrected chi connectivity index (χ4v) is 0.638. The molecule has 0 aromatic carbocycles. The fraction of sp³-hybridized carbons (Fsp3) is 0.500. The summed E-state index contributed by atoms with van der Waals surface area (Å²) in [4.78, 5) is 7.03. The minimum atomic E-state index is 0.837. The van der Waals surface area contributed by atoms with Crippen LogP contribution in [0.3, 0.4) is 0 Å². The molecule has 0 aliphatic heterocycles. The van der Waals surface area contributed by atoms with Gasteiger partial charge in [0.1, 0.15) is 5.82 Å². The quantitative estimate of drug-likeness (QED) is 0.618. The highest BCUT2D eigenvalue weighted by molar-refractivity contribution is 4.85. The molecule has 3 heteroatoms. The van der Waals surface area contributed by atoms with Crippen LogP contribution in [0.4, 0.5) is 0 Å². The zero-order valence-corrected chi connectivity index (χ0v) is 5.52. The Morgan fingerprint density at radius 1 is 1.78 bits per heavy atom. The van der Waals surface area contributed by atoms with Gasteiger partial charge in [-0.05, 0) is 6.54 Å². The van der Waals surface area contributed by atoms with Gasteiger partial charge in [0.15, 0.2) is 0 Å². The van der Waals surface area contributed by atoms with Crippen LogP contribution in [0.2, 0.25) is 0 Å². The van der Waals surface area contributed by atoms with Gasteiger partial charge in [-0.15, -0.1) is 0 Å². The first-order chi connectivity index (χ1) is 4.43. The summed E-state index contributed by atoms with van der Waals surface area (Å²) in [6.07, 6.45) is 3.58. The van der Waals surface area contributed by atoms with E-state index in [0.29, 0.717) is 0 Å². The molecule has 0 radical (unpaired) electrons. The maximum absolute atomic E-state index is 4.04. The van der Waals surface area contributed by atoms with Crippen LogP contribution in [0.5, 0.6) is 0 Å². The maximum Gasteiger partial charge on any atom is 0.120 e. The van der Waals surface area contributed by atoms with E-state index < -0.39 is 0 Å². The Morgan fingerprint density at radius 3 is 3.22 bits per heavy atom. The van der Waals surface area contributed by atoms with Gasteiger partial charge >= 0.3 is 0 Å². The summed E-state index contributed by atoms with van der Waals surface area (Å²) in [5, 5.41) is 3.16. The van der Waals surface area contributed by atoms with E-state index in [4.69, 9.17) is 0 Å². The monoisotopic (exact) mass is 125 g/mol. The number of hydrogen-bond donors (Lipinski definition) is 2. The molecular formula is C6H11N3. The van der Waals surface area contributed by atoms with Crippen LogP contribution in [-0.4, -0.2) is 16.5 Å². The molecule has 1 rings (SSSR count). The van der Waals surface area contributed by atoms with Crippen molar-refractivity contribution >= 4 is 0 Å². The topological polar surface area (TPSA) is 40.7 Å². The first-order valence-electron chi connectivity index (χ1n) is 3.12. The largest absolute Gasteiger partial charge is 0.348 e. The lowest BCUT2D eigenvalue weighted by molar-refractivity contribution is 0.698. The Morgan fingerprint density at radius 2 is 2.67 bits per heavy atom. The number of aromatic nitrogens is 2. The molecule has 2 N–H and O–H groups in total. The summed E-state index contributed by atoms with van der Waals surface area (Å²) in [6.45, 7) is 3.90. The van der Waals surface area contributed by atoms with Gasteiger partial charge in [-0.25, -0.2) is 4.98 Å². The number of hydrogen-bond acceptors (Lipinski definition) is 2. The van der Waals surface area contributed by atoms with E-state index in [-0.39, 0.29) is 0 Å². The minimum Gasteiger partial charge on any atom is -0.348 e. The molecule has 0 unspecified atom stereocenters. The van der Waals surface area contributed by atoms with Crippen molar-refractivity contribution in [3.8, 4) is 0 Å². The molecule has 9 heavy (non-hydrogen) atoms. The first kappa shape index (κ1) is 6.29. The second kappa shape index (κ2) is 3.25. The van der Waals surface area contributed by atoms with Gasteiger partial charge in [-0.1, -0.05) is 6.92 Å². The maximum atomic E-state index is 4.04. The van der Waals surface area contributed by atoms with Crippen LogP contribution in [0.25, 0.3) is 0 Å². The third-order valence-corrected chi connectivity index (χ3v) is 1.10. The normalized spacial score (nSPS) is 9.89. The summed E-state index contributed by atoms with van der Waals surface area (Å²) in [7, 11) is 0. The number of H-pyrrole nitrogens is 1. The van der Waals surface area contributed by atoms with Crippen LogP contribution in [-0.2, 0) is 6.54 Å². The third-order valence-electron chi connectivity index (χ3n) is 1.10. The smallest absolute Gasteiger partial charge is 0.120 e. The van der Waals surface area contributed by atoms with E-state index in [0.717, 1.165) is 18.9 Å². The Bertz CT molecular complexity index is 145. The Labute approximate surface area is 54.5 Å². The summed E-state index contributed by atoms with van der Waals surface area (Å²) < 4.78 is 0. The predicted octanol–water partition coefficient (Wildman–Crippen LogP) is 0.519. The standard InChI is InChI=1S/C6H11N3/c1-2-7-5-6-8-3-4-9-6/h3-4,7H,2,5H2,1H3,(H,8,9). The minimum absolute atomic E-state index is 0.837. The van der Waals surface area contributed by atoms with Crippen LogP contribution in [0.1, 0.15) is 12.7 Å². The lowest BCUT2D eigenvalue weighted by Gasteiger charge is -1.94. The third kappa shape index (κ3) is 1.85. The highest BCUT2D eigenvalue weighted by atomic mass is 15.0. The van der Waals surface area contributed by atoms with Crippen molar-refractivity contribution in [2.45, 2.75) is 13.5 Å². The molecule has 0 spiro atoms. The lowest BCUT2D eigenvalue weighted by Crippen LogP contribution is -2.12. The van der Waals surface area contributed by atoms with Gasteiger partial charge < -0.3 is 10.3 Å². The van der Waals surface area contributed by atoms with E-state index in [2.05, 4.69) is 22.2 Å². The Hall–Kier alpha value is -0.830. The second-order valence-corrected chi connectivity index (χ2v) is 1.82. The molecule has 1 heterocycles. The van der Waals surface area contributed by atoms with Gasteiger partial charge in [-0.3, -0.25) is 0 Å². The van der Waals surface area contributed by atoms with Crippen LogP contribution in [0, 0.1) is 0 Å². The molecule has 0 atom stereocenters. The Kier molecular flexibility index (Phi) is 2.27. The molecule has 3 nitrogen and oxygen atoms in total. The van der Waals surface area contributed by atoms with E-state index in [1.165, 1.54) is 0 Å². The molecule has 0 saturated heterocycles. The average Bonchev–Trinajstić information content (AvgIpc) is 2.34. The zero-order chi connectivity index (χ0) is 6.53. The highest BCUT2D eigenvalue weighted by Crippen LogP contribution is 1.84. The molecule has 0 amide bonds. The molecule has 0 bridgehead atoms. The molecule has 0 aliphatic rings. The molecule has 0 saturated carbocycles. The summed E-state index contributed by atoms with van der Waals surface area (Å²) in [5.74, 6) is 0.997. The van der Waals surface area contributed by atoms with Crippen molar-refractivity contribution < 1.29 is 0 Å². The molecule has 0 fully saturated rings. The number of nitrogens with one attached hydrogen (secondary N) is 2. The lowest BCUT2D eigenvalue weighted by atomic mass is 10.6. The van der Waals surface area contributed by atoms with Gasteiger partial charge in [0.25, 0.3) is 0 Å². The second-order valence-electron chi connectivity index (χ2n) is 1.82. The van der Waals surface area contributed by atoms with Crippen molar-refractivity contribution in [3.05, 3.63) is 18.2 Å². The van der Waals surface area contributed by atoms with E-state index in [9.17, 15) is 0 Å². The average molecular weight is 125 g/mol. The van der Waals surface area contributed by atoms with E-state index in [1.807, 2.05) is 6.20 Å². The van der Waals surface area contributed by atoms with Gasteiger partial charge in [0, 0.05) is 12.4 Å². The first-order valence-corrected chi connectivity index (χ1v) is 3.12. The van der Waals surface area contributed by atoms with Crippen molar-refractivity contribution in [2.24, 2.45) is 0 Å². The van der Waals surface area contributed by atoms with Gasteiger partial charge in [0.05, 0.1) is 6.54 Å². The number of rotatable bonds is 3. The highest BCUT2D eigenvalue weighted by Gasteiger charge is 1.88. The summed E-state index contributed by atoms with van der Waals surface area (Å²) in [5.41, 5.74) is 0. The molecular weight excluding hydrogens is 114 g/mol. The summed E-state index contributed by atoms with van der Waals surface area (Å²) >= 11 is 0. The SMILES string of the molecule is CCNCc1ncc[nH]1. The number of nitrogens with zero attached hydrogens (tertiary/aromatic N) is 1. The van der Waals surface area contributed by atoms with Crippen LogP contribution in [0.15, 0.2) is 12.4 Å². The summed E-state index contributed by atoms with van der Waals surface area (Å²) in [6, 6.07) is 0. The van der Waals surface area contributed by atoms with Crippen molar-refractivity contribution in [2.75, 3.05) is 6.54 Å².